The van der Waals surface area contributed by atoms with Gasteiger partial charge in [0.15, 0.2) is 5.75 Å². The van der Waals surface area contributed by atoms with Gasteiger partial charge in [-0.15, -0.1) is 0 Å². The summed E-state index contributed by atoms with van der Waals surface area (Å²) in [6.07, 6.45) is 1.09. The molecule has 0 amide bonds. The van der Waals surface area contributed by atoms with Crippen LogP contribution in [0.2, 0.25) is 0 Å². The second-order valence-electron chi connectivity index (χ2n) is 4.12. The third-order valence-corrected chi connectivity index (χ3v) is 2.58. The molecule has 7 nitrogen and oxygen atoms in total. The quantitative estimate of drug-likeness (QED) is 0.665. The summed E-state index contributed by atoms with van der Waals surface area (Å²) in [6, 6.07) is 5.82. The average molecular weight is 277 g/mol. The number of benzene rings is 1. The standard InChI is InChI=1S/C13H11NO6/c1-8-2-3-11(14(17)18)12(4-8)20-7-10-5-9(6-19-10)13(15)16/h2-6H,7H2,1H3,(H,15,16). The number of carboxylic acids is 1. The number of hydrogen-bond donors (Lipinski definition) is 1. The van der Waals surface area contributed by atoms with Gasteiger partial charge in [0.05, 0.1) is 10.5 Å². The van der Waals surface area contributed by atoms with E-state index < -0.39 is 10.9 Å². The van der Waals surface area contributed by atoms with Crippen molar-refractivity contribution in [3.05, 3.63) is 57.5 Å². The fourth-order valence-electron chi connectivity index (χ4n) is 1.61. The minimum absolute atomic E-state index is 0.00217. The zero-order chi connectivity index (χ0) is 14.7. The first-order valence-electron chi connectivity index (χ1n) is 5.66. The Morgan fingerprint density at radius 3 is 2.80 bits per heavy atom. The fourth-order valence-corrected chi connectivity index (χ4v) is 1.61. The zero-order valence-electron chi connectivity index (χ0n) is 10.5. The highest BCUT2D eigenvalue weighted by Gasteiger charge is 2.16. The minimum Gasteiger partial charge on any atom is -0.479 e. The van der Waals surface area contributed by atoms with Crippen LogP contribution >= 0.6 is 0 Å². The number of furan rings is 1. The molecule has 20 heavy (non-hydrogen) atoms. The number of aryl methyl sites for hydroxylation is 1. The Kier molecular flexibility index (Phi) is 3.69. The van der Waals surface area contributed by atoms with Gasteiger partial charge in [0.1, 0.15) is 18.6 Å². The first-order valence-corrected chi connectivity index (χ1v) is 5.66. The topological polar surface area (TPSA) is 103 Å². The third-order valence-electron chi connectivity index (χ3n) is 2.58. The summed E-state index contributed by atoms with van der Waals surface area (Å²) >= 11 is 0. The zero-order valence-corrected chi connectivity index (χ0v) is 10.5. The number of nitrogens with zero attached hydrogens (tertiary/aromatic N) is 1. The maximum absolute atomic E-state index is 10.9. The van der Waals surface area contributed by atoms with Crippen molar-refractivity contribution in [2.24, 2.45) is 0 Å². The predicted molar refractivity (Wildman–Crippen MR) is 67.8 cm³/mol. The molecule has 0 radical (unpaired) electrons. The molecule has 0 unspecified atom stereocenters. The van der Waals surface area contributed by atoms with Gasteiger partial charge in [-0.2, -0.15) is 0 Å². The molecule has 1 aromatic carbocycles. The monoisotopic (exact) mass is 277 g/mol. The molecule has 0 aliphatic heterocycles. The molecule has 2 rings (SSSR count). The van der Waals surface area contributed by atoms with Gasteiger partial charge in [-0.25, -0.2) is 4.79 Å². The van der Waals surface area contributed by atoms with Crippen molar-refractivity contribution in [3.8, 4) is 5.75 Å². The molecule has 2 aromatic rings. The SMILES string of the molecule is Cc1ccc([N+](=O)[O-])c(OCc2cc(C(=O)O)co2)c1. The van der Waals surface area contributed by atoms with Crippen molar-refractivity contribution in [1.82, 2.24) is 0 Å². The van der Waals surface area contributed by atoms with Crippen LogP contribution < -0.4 is 4.74 Å². The maximum Gasteiger partial charge on any atom is 0.338 e. The highest BCUT2D eigenvalue weighted by molar-refractivity contribution is 5.87. The van der Waals surface area contributed by atoms with Gasteiger partial charge < -0.3 is 14.3 Å². The number of ether oxygens (including phenoxy) is 1. The highest BCUT2D eigenvalue weighted by Crippen LogP contribution is 2.28. The summed E-state index contributed by atoms with van der Waals surface area (Å²) in [7, 11) is 0. The second-order valence-corrected chi connectivity index (χ2v) is 4.12. The van der Waals surface area contributed by atoms with Crippen LogP contribution in [0.15, 0.2) is 34.9 Å². The van der Waals surface area contributed by atoms with E-state index in [0.29, 0.717) is 0 Å². The summed E-state index contributed by atoms with van der Waals surface area (Å²) in [6.45, 7) is 1.70. The van der Waals surface area contributed by atoms with Gasteiger partial charge in [0.25, 0.3) is 0 Å². The first kappa shape index (κ1) is 13.6. The fraction of sp³-hybridized carbons (Fsp3) is 0.154. The van der Waals surface area contributed by atoms with E-state index in [2.05, 4.69) is 0 Å². The van der Waals surface area contributed by atoms with Gasteiger partial charge in [0, 0.05) is 6.07 Å². The predicted octanol–water partition coefficient (Wildman–Crippen LogP) is 2.77. The van der Waals surface area contributed by atoms with Crippen molar-refractivity contribution < 1.29 is 24.0 Å². The molecule has 0 saturated carbocycles. The van der Waals surface area contributed by atoms with Crippen molar-refractivity contribution in [2.75, 3.05) is 0 Å². The molecule has 1 aromatic heterocycles. The first-order chi connectivity index (χ1) is 9.47. The second kappa shape index (κ2) is 5.43. The van der Waals surface area contributed by atoms with Gasteiger partial charge in [0.2, 0.25) is 0 Å². The van der Waals surface area contributed by atoms with Crippen LogP contribution in [0.3, 0.4) is 0 Å². The molecule has 104 valence electrons. The van der Waals surface area contributed by atoms with Crippen LogP contribution in [0.1, 0.15) is 21.7 Å². The van der Waals surface area contributed by atoms with E-state index in [0.717, 1.165) is 11.8 Å². The van der Waals surface area contributed by atoms with Crippen LogP contribution in [0.5, 0.6) is 5.75 Å². The molecule has 0 bridgehead atoms. The van der Waals surface area contributed by atoms with Crippen LogP contribution in [-0.2, 0) is 6.61 Å². The summed E-state index contributed by atoms with van der Waals surface area (Å²) in [5.41, 5.74) is 0.666. The number of hydrogen-bond acceptors (Lipinski definition) is 5. The Bertz CT molecular complexity index is 661. The molecule has 0 atom stereocenters. The molecule has 0 aliphatic carbocycles. The van der Waals surface area contributed by atoms with Crippen molar-refractivity contribution in [1.29, 1.82) is 0 Å². The smallest absolute Gasteiger partial charge is 0.338 e. The molecular weight excluding hydrogens is 266 g/mol. The van der Waals surface area contributed by atoms with Crippen LogP contribution in [0, 0.1) is 17.0 Å². The largest absolute Gasteiger partial charge is 0.479 e. The lowest BCUT2D eigenvalue weighted by Crippen LogP contribution is -1.99. The molecule has 1 N–H and O–H groups in total. The molecule has 0 spiro atoms. The molecular formula is C13H11NO6. The van der Waals surface area contributed by atoms with E-state index in [-0.39, 0.29) is 29.4 Å². The van der Waals surface area contributed by atoms with E-state index in [1.807, 2.05) is 0 Å². The number of rotatable bonds is 5. The lowest BCUT2D eigenvalue weighted by Gasteiger charge is -2.05. The molecule has 0 saturated heterocycles. The Morgan fingerprint density at radius 1 is 1.45 bits per heavy atom. The van der Waals surface area contributed by atoms with Gasteiger partial charge in [-0.1, -0.05) is 6.07 Å². The Balaban J connectivity index is 2.15. The highest BCUT2D eigenvalue weighted by atomic mass is 16.6. The lowest BCUT2D eigenvalue weighted by atomic mass is 10.2. The molecule has 7 heteroatoms. The average Bonchev–Trinajstić information content (AvgIpc) is 2.85. The molecule has 1 heterocycles. The van der Waals surface area contributed by atoms with Crippen LogP contribution in [-0.4, -0.2) is 16.0 Å². The van der Waals surface area contributed by atoms with Gasteiger partial charge in [-0.05, 0) is 24.6 Å². The number of carbonyl (C=O) groups is 1. The van der Waals surface area contributed by atoms with Crippen molar-refractivity contribution >= 4 is 11.7 Å². The van der Waals surface area contributed by atoms with E-state index >= 15 is 0 Å². The summed E-state index contributed by atoms with van der Waals surface area (Å²) in [5.74, 6) is -0.719. The van der Waals surface area contributed by atoms with Gasteiger partial charge >= 0.3 is 11.7 Å². The normalized spacial score (nSPS) is 10.2. The Morgan fingerprint density at radius 2 is 2.20 bits per heavy atom. The third kappa shape index (κ3) is 2.94. The maximum atomic E-state index is 10.9. The van der Waals surface area contributed by atoms with Gasteiger partial charge in [-0.3, -0.25) is 10.1 Å². The summed E-state index contributed by atoms with van der Waals surface area (Å²) in [4.78, 5) is 21.0. The summed E-state index contributed by atoms with van der Waals surface area (Å²) in [5, 5.41) is 19.6. The Labute approximate surface area is 113 Å². The minimum atomic E-state index is -1.11. The van der Waals surface area contributed by atoms with E-state index in [9.17, 15) is 14.9 Å². The Hall–Kier alpha value is -2.83. The van der Waals surface area contributed by atoms with E-state index in [4.69, 9.17) is 14.3 Å². The number of nitro groups is 1. The van der Waals surface area contributed by atoms with E-state index in [1.165, 1.54) is 12.1 Å². The van der Waals surface area contributed by atoms with Crippen molar-refractivity contribution in [3.63, 3.8) is 0 Å². The summed E-state index contributed by atoms with van der Waals surface area (Å²) < 4.78 is 10.3. The number of carboxylic acid groups (broad SMARTS) is 1. The lowest BCUT2D eigenvalue weighted by molar-refractivity contribution is -0.386. The van der Waals surface area contributed by atoms with Crippen LogP contribution in [0.25, 0.3) is 0 Å². The van der Waals surface area contributed by atoms with Crippen LogP contribution in [0.4, 0.5) is 5.69 Å². The molecule has 0 fully saturated rings. The number of aromatic carboxylic acids is 1. The van der Waals surface area contributed by atoms with E-state index in [1.54, 1.807) is 19.1 Å². The molecule has 0 aliphatic rings. The number of nitro benzene ring substituents is 1. The van der Waals surface area contributed by atoms with Crippen molar-refractivity contribution in [2.45, 2.75) is 13.5 Å².